The van der Waals surface area contributed by atoms with Crippen LogP contribution in [0, 0.1) is 0 Å². The van der Waals surface area contributed by atoms with Gasteiger partial charge in [-0.1, -0.05) is 6.07 Å². The molecule has 1 saturated heterocycles. The second kappa shape index (κ2) is 7.83. The molecule has 1 amide bonds. The normalized spacial score (nSPS) is 15.8. The quantitative estimate of drug-likeness (QED) is 0.613. The van der Waals surface area contributed by atoms with Gasteiger partial charge in [-0.15, -0.1) is 0 Å². The number of benzene rings is 2. The summed E-state index contributed by atoms with van der Waals surface area (Å²) in [5.41, 5.74) is 1.03. The van der Waals surface area contributed by atoms with Gasteiger partial charge in [-0.2, -0.15) is 13.2 Å². The van der Waals surface area contributed by atoms with E-state index >= 15 is 0 Å². The minimum atomic E-state index is -4.52. The Morgan fingerprint density at radius 1 is 0.938 bits per heavy atom. The largest absolute Gasteiger partial charge is 0.454 e. The fraction of sp³-hybridized carbons (Fsp3) is 0.217. The molecule has 164 valence electrons. The molecule has 32 heavy (non-hydrogen) atoms. The van der Waals surface area contributed by atoms with Gasteiger partial charge in [-0.05, 0) is 53.6 Å². The molecule has 0 atom stereocenters. The highest BCUT2D eigenvalue weighted by Gasteiger charge is 2.32. The maximum atomic E-state index is 13.1. The predicted octanol–water partition coefficient (Wildman–Crippen LogP) is 4.54. The van der Waals surface area contributed by atoms with E-state index < -0.39 is 17.6 Å². The minimum absolute atomic E-state index is 0.0209. The monoisotopic (exact) mass is 440 g/mol. The number of nitrogens with zero attached hydrogens (tertiary/aromatic N) is 2. The highest BCUT2D eigenvalue weighted by Crippen LogP contribution is 2.40. The van der Waals surface area contributed by atoms with Crippen molar-refractivity contribution < 1.29 is 22.7 Å². The molecular weight excluding hydrogens is 421 g/mol. The molecule has 1 fully saturated rings. The van der Waals surface area contributed by atoms with Gasteiger partial charge in [0.1, 0.15) is 11.6 Å². The molecule has 0 unspecified atom stereocenters. The number of nitrogens with one attached hydrogen (secondary N) is 2. The summed E-state index contributed by atoms with van der Waals surface area (Å²) in [4.78, 5) is 19.5. The first-order valence-electron chi connectivity index (χ1n) is 10.1. The van der Waals surface area contributed by atoms with Crippen molar-refractivity contribution in [2.75, 3.05) is 36.4 Å². The van der Waals surface area contributed by atoms with Crippen LogP contribution in [0.2, 0.25) is 0 Å². The van der Waals surface area contributed by atoms with Crippen LogP contribution in [0.4, 0.5) is 24.7 Å². The molecule has 0 spiro atoms. The van der Waals surface area contributed by atoms with Gasteiger partial charge in [0.25, 0.3) is 5.91 Å². The van der Waals surface area contributed by atoms with Crippen LogP contribution in [0.5, 0.6) is 11.5 Å². The molecule has 2 aliphatic heterocycles. The van der Waals surface area contributed by atoms with Crippen LogP contribution in [0.25, 0.3) is 11.1 Å². The highest BCUT2D eigenvalue weighted by atomic mass is 19.4. The van der Waals surface area contributed by atoms with Crippen LogP contribution in [-0.4, -0.2) is 37.1 Å². The summed E-state index contributed by atoms with van der Waals surface area (Å²) in [6.07, 6.45) is -2.79. The fourth-order valence-electron chi connectivity index (χ4n) is 3.84. The van der Waals surface area contributed by atoms with Gasteiger partial charge >= 0.3 is 6.18 Å². The van der Waals surface area contributed by atoms with E-state index in [2.05, 4.69) is 20.5 Å². The van der Waals surface area contributed by atoms with Crippen LogP contribution in [-0.2, 0) is 6.18 Å². The summed E-state index contributed by atoms with van der Waals surface area (Å²) in [6.45, 7) is 3.49. The molecule has 3 aromatic rings. The molecule has 0 radical (unpaired) electrons. The first kappa shape index (κ1) is 20.3. The van der Waals surface area contributed by atoms with Crippen molar-refractivity contribution >= 4 is 17.4 Å². The van der Waals surface area contributed by atoms with Crippen molar-refractivity contribution in [2.24, 2.45) is 0 Å². The van der Waals surface area contributed by atoms with Gasteiger partial charge in [0, 0.05) is 32.4 Å². The second-order valence-electron chi connectivity index (χ2n) is 7.62. The number of rotatable bonds is 2. The number of halogens is 3. The Morgan fingerprint density at radius 3 is 2.47 bits per heavy atom. The Hall–Kier alpha value is -3.59. The molecule has 2 aromatic carbocycles. The van der Waals surface area contributed by atoms with Gasteiger partial charge in [-0.3, -0.25) is 4.79 Å². The van der Waals surface area contributed by atoms with Crippen molar-refractivity contribution in [2.45, 2.75) is 6.18 Å². The lowest BCUT2D eigenvalue weighted by molar-refractivity contribution is -0.137. The van der Waals surface area contributed by atoms with E-state index in [1.807, 2.05) is 18.2 Å². The first-order valence-corrected chi connectivity index (χ1v) is 10.1. The smallest absolute Gasteiger partial charge is 0.416 e. The van der Waals surface area contributed by atoms with E-state index in [-0.39, 0.29) is 22.7 Å². The van der Waals surface area contributed by atoms with Gasteiger partial charge in [-0.25, -0.2) is 4.98 Å². The number of carbonyl (C=O) groups is 1. The average molecular weight is 440 g/mol. The Balaban J connectivity index is 1.47. The van der Waals surface area contributed by atoms with Crippen molar-refractivity contribution in [3.63, 3.8) is 0 Å². The van der Waals surface area contributed by atoms with Crippen molar-refractivity contribution in [1.29, 1.82) is 0 Å². The number of hydrogen-bond acceptors (Lipinski definition) is 5. The molecule has 0 bridgehead atoms. The zero-order valence-electron chi connectivity index (χ0n) is 16.9. The Bertz CT molecular complexity index is 1190. The molecule has 6 nitrogen and oxygen atoms in total. The third-order valence-electron chi connectivity index (χ3n) is 5.52. The Morgan fingerprint density at radius 2 is 1.69 bits per heavy atom. The van der Waals surface area contributed by atoms with Gasteiger partial charge in [0.05, 0.1) is 16.8 Å². The van der Waals surface area contributed by atoms with Gasteiger partial charge in [0.15, 0.2) is 5.75 Å². The average Bonchev–Trinajstić information content (AvgIpc) is 2.94. The van der Waals surface area contributed by atoms with E-state index in [0.717, 1.165) is 55.3 Å². The first-order chi connectivity index (χ1) is 15.4. The summed E-state index contributed by atoms with van der Waals surface area (Å²) < 4.78 is 45.0. The number of fused-ring (bicyclic) bond motifs is 2. The van der Waals surface area contributed by atoms with Crippen LogP contribution in [0.3, 0.4) is 0 Å². The SMILES string of the molecule is O=C1Nc2cc(C(F)(F)F)ccc2Oc2ccc(-c3ccnc(N4CCNCC4)c3)cc21. The number of hydrogen-bond donors (Lipinski definition) is 2. The van der Waals surface area contributed by atoms with Crippen molar-refractivity contribution in [1.82, 2.24) is 10.3 Å². The minimum Gasteiger partial charge on any atom is -0.454 e. The summed E-state index contributed by atoms with van der Waals surface area (Å²) in [5.74, 6) is 0.756. The Kier molecular flexibility index (Phi) is 4.97. The molecule has 5 rings (SSSR count). The lowest BCUT2D eigenvalue weighted by Gasteiger charge is -2.28. The number of carbonyl (C=O) groups excluding carboxylic acids is 1. The van der Waals surface area contributed by atoms with Crippen LogP contribution in [0.1, 0.15) is 15.9 Å². The zero-order chi connectivity index (χ0) is 22.3. The van der Waals surface area contributed by atoms with E-state index in [1.54, 1.807) is 18.3 Å². The lowest BCUT2D eigenvalue weighted by atomic mass is 10.0. The van der Waals surface area contributed by atoms with E-state index in [9.17, 15) is 18.0 Å². The number of piperazine rings is 1. The molecular formula is C23H19F3N4O2. The number of amides is 1. The fourth-order valence-corrected chi connectivity index (χ4v) is 3.84. The van der Waals surface area contributed by atoms with Gasteiger partial charge < -0.3 is 20.3 Å². The summed E-state index contributed by atoms with van der Waals surface area (Å²) in [7, 11) is 0. The summed E-state index contributed by atoms with van der Waals surface area (Å²) >= 11 is 0. The maximum absolute atomic E-state index is 13.1. The zero-order valence-corrected chi connectivity index (χ0v) is 16.9. The van der Waals surface area contributed by atoms with Crippen LogP contribution < -0.4 is 20.3 Å². The van der Waals surface area contributed by atoms with Crippen LogP contribution in [0.15, 0.2) is 54.7 Å². The van der Waals surface area contributed by atoms with E-state index in [1.165, 1.54) is 6.07 Å². The van der Waals surface area contributed by atoms with E-state index in [4.69, 9.17) is 4.74 Å². The predicted molar refractivity (Wildman–Crippen MR) is 114 cm³/mol. The summed E-state index contributed by atoms with van der Waals surface area (Å²) in [5, 5.41) is 5.85. The van der Waals surface area contributed by atoms with Gasteiger partial charge in [0.2, 0.25) is 0 Å². The van der Waals surface area contributed by atoms with Crippen molar-refractivity contribution in [3.8, 4) is 22.6 Å². The molecule has 3 heterocycles. The molecule has 2 N–H and O–H groups in total. The van der Waals surface area contributed by atoms with Crippen molar-refractivity contribution in [3.05, 3.63) is 65.9 Å². The molecule has 9 heteroatoms. The van der Waals surface area contributed by atoms with E-state index in [0.29, 0.717) is 0 Å². The molecule has 1 aromatic heterocycles. The number of alkyl halides is 3. The second-order valence-corrected chi connectivity index (χ2v) is 7.62. The Labute approximate surface area is 182 Å². The number of ether oxygens (including phenoxy) is 1. The maximum Gasteiger partial charge on any atom is 0.416 e. The summed E-state index contributed by atoms with van der Waals surface area (Å²) in [6, 6.07) is 12.0. The molecule has 2 aliphatic rings. The third-order valence-corrected chi connectivity index (χ3v) is 5.52. The number of pyridine rings is 1. The topological polar surface area (TPSA) is 66.5 Å². The number of aromatic nitrogens is 1. The number of anilines is 2. The highest BCUT2D eigenvalue weighted by molar-refractivity contribution is 6.08. The standard InChI is InChI=1S/C23H19F3N4O2/c24-23(25,26)16-2-4-20-18(13-16)29-22(31)17-11-14(1-3-19(17)32-20)15-5-6-28-21(12-15)30-9-7-27-8-10-30/h1-6,11-13,27H,7-10H2,(H,29,31). The third kappa shape index (κ3) is 3.87. The molecule has 0 saturated carbocycles. The molecule has 0 aliphatic carbocycles. The lowest BCUT2D eigenvalue weighted by Crippen LogP contribution is -2.43. The van der Waals surface area contributed by atoms with Crippen LogP contribution >= 0.6 is 0 Å².